The minimum Gasteiger partial charge on any atom is -0.377 e. The highest BCUT2D eigenvalue weighted by molar-refractivity contribution is 7.90. The van der Waals surface area contributed by atoms with Crippen LogP contribution in [0.15, 0.2) is 47.4 Å². The summed E-state index contributed by atoms with van der Waals surface area (Å²) < 4.78 is 37.8. The number of sulfone groups is 1. The van der Waals surface area contributed by atoms with Gasteiger partial charge in [-0.1, -0.05) is 0 Å². The van der Waals surface area contributed by atoms with Crippen molar-refractivity contribution in [2.45, 2.75) is 11.4 Å². The first-order chi connectivity index (χ1) is 12.8. The van der Waals surface area contributed by atoms with Crippen LogP contribution in [0, 0.1) is 15.9 Å². The third-order valence-corrected chi connectivity index (χ3v) is 4.77. The Morgan fingerprint density at radius 1 is 1.22 bits per heavy atom. The molecular formula is C15H13FN6O4S. The first-order valence-corrected chi connectivity index (χ1v) is 9.40. The zero-order chi connectivity index (χ0) is 19.6. The van der Waals surface area contributed by atoms with Crippen molar-refractivity contribution < 1.29 is 17.7 Å². The van der Waals surface area contributed by atoms with Crippen molar-refractivity contribution in [1.82, 2.24) is 20.2 Å². The fourth-order valence-electron chi connectivity index (χ4n) is 2.29. The topological polar surface area (TPSA) is 133 Å². The Morgan fingerprint density at radius 3 is 2.56 bits per heavy atom. The molecule has 10 nitrogen and oxygen atoms in total. The van der Waals surface area contributed by atoms with Crippen LogP contribution in [0.1, 0.15) is 5.82 Å². The van der Waals surface area contributed by atoms with Crippen LogP contribution in [0.3, 0.4) is 0 Å². The number of tetrazole rings is 1. The summed E-state index contributed by atoms with van der Waals surface area (Å²) >= 11 is 0. The van der Waals surface area contributed by atoms with Crippen molar-refractivity contribution in [3.05, 3.63) is 64.2 Å². The average Bonchev–Trinajstić information content (AvgIpc) is 3.08. The maximum Gasteiger partial charge on any atom is 0.306 e. The molecular weight excluding hydrogens is 379 g/mol. The standard InChI is InChI=1S/C15H13FN6O4S/c1-27(25,26)12-5-3-11(4-6-12)21-15(18-19-20-21)9-17-10-2-7-13(16)14(8-10)22(23)24/h2-8,17H,9H2,1H3. The zero-order valence-corrected chi connectivity index (χ0v) is 14.7. The summed E-state index contributed by atoms with van der Waals surface area (Å²) in [6.07, 6.45) is 1.11. The monoisotopic (exact) mass is 392 g/mol. The van der Waals surface area contributed by atoms with Gasteiger partial charge in [0.25, 0.3) is 0 Å². The van der Waals surface area contributed by atoms with Crippen molar-refractivity contribution >= 4 is 21.2 Å². The molecule has 0 unspecified atom stereocenters. The molecule has 0 bridgehead atoms. The SMILES string of the molecule is CS(=O)(=O)c1ccc(-n2nnnc2CNc2ccc(F)c([N+](=O)[O-])c2)cc1. The number of halogens is 1. The molecule has 0 aliphatic carbocycles. The maximum absolute atomic E-state index is 13.4. The smallest absolute Gasteiger partial charge is 0.306 e. The van der Waals surface area contributed by atoms with E-state index in [0.29, 0.717) is 17.2 Å². The number of hydrogen-bond donors (Lipinski definition) is 1. The zero-order valence-electron chi connectivity index (χ0n) is 13.9. The van der Waals surface area contributed by atoms with Gasteiger partial charge in [-0.2, -0.15) is 9.07 Å². The number of aromatic nitrogens is 4. The van der Waals surface area contributed by atoms with Gasteiger partial charge in [-0.25, -0.2) is 8.42 Å². The summed E-state index contributed by atoms with van der Waals surface area (Å²) in [5, 5.41) is 25.0. The largest absolute Gasteiger partial charge is 0.377 e. The predicted octanol–water partition coefficient (Wildman–Crippen LogP) is 1.73. The Morgan fingerprint density at radius 2 is 1.93 bits per heavy atom. The molecule has 0 spiro atoms. The molecule has 3 aromatic rings. The Bertz CT molecular complexity index is 1100. The molecule has 0 aliphatic rings. The van der Waals surface area contributed by atoms with Crippen LogP contribution in [0.5, 0.6) is 0 Å². The van der Waals surface area contributed by atoms with E-state index in [1.54, 1.807) is 12.1 Å². The highest BCUT2D eigenvalue weighted by atomic mass is 32.2. The molecule has 3 rings (SSSR count). The van der Waals surface area contributed by atoms with Crippen LogP contribution in [0.4, 0.5) is 15.8 Å². The number of nitrogens with one attached hydrogen (secondary N) is 1. The molecule has 12 heteroatoms. The summed E-state index contributed by atoms with van der Waals surface area (Å²) in [7, 11) is -3.32. The van der Waals surface area contributed by atoms with Gasteiger partial charge in [0, 0.05) is 18.0 Å². The lowest BCUT2D eigenvalue weighted by Gasteiger charge is -2.08. The van der Waals surface area contributed by atoms with E-state index >= 15 is 0 Å². The molecule has 0 amide bonds. The van der Waals surface area contributed by atoms with E-state index in [4.69, 9.17) is 0 Å². The second kappa shape index (κ2) is 7.07. The summed E-state index contributed by atoms with van der Waals surface area (Å²) in [6, 6.07) is 9.41. The average molecular weight is 392 g/mol. The van der Waals surface area contributed by atoms with E-state index in [-0.39, 0.29) is 11.4 Å². The summed E-state index contributed by atoms with van der Waals surface area (Å²) in [6.45, 7) is 0.101. The molecule has 1 heterocycles. The van der Waals surface area contributed by atoms with Crippen molar-refractivity contribution in [3.8, 4) is 5.69 Å². The highest BCUT2D eigenvalue weighted by Gasteiger charge is 2.15. The Balaban J connectivity index is 1.80. The van der Waals surface area contributed by atoms with Gasteiger partial charge >= 0.3 is 5.69 Å². The van der Waals surface area contributed by atoms with Crippen molar-refractivity contribution in [2.24, 2.45) is 0 Å². The maximum atomic E-state index is 13.4. The molecule has 27 heavy (non-hydrogen) atoms. The fourth-order valence-corrected chi connectivity index (χ4v) is 2.93. The van der Waals surface area contributed by atoms with E-state index in [1.165, 1.54) is 22.9 Å². The molecule has 0 fully saturated rings. The van der Waals surface area contributed by atoms with E-state index in [1.807, 2.05) is 0 Å². The van der Waals surface area contributed by atoms with Crippen LogP contribution in [-0.2, 0) is 16.4 Å². The summed E-state index contributed by atoms with van der Waals surface area (Å²) in [5.41, 5.74) is 0.218. The van der Waals surface area contributed by atoms with Crippen molar-refractivity contribution in [1.29, 1.82) is 0 Å². The predicted molar refractivity (Wildman–Crippen MR) is 92.6 cm³/mol. The number of nitro benzene ring substituents is 1. The van der Waals surface area contributed by atoms with Gasteiger partial charge in [0.05, 0.1) is 22.1 Å². The Labute approximate surface area is 152 Å². The van der Waals surface area contributed by atoms with Crippen LogP contribution >= 0.6 is 0 Å². The quantitative estimate of drug-likeness (QED) is 0.495. The summed E-state index contributed by atoms with van der Waals surface area (Å²) in [5.74, 6) is -0.560. The number of nitrogens with zero attached hydrogens (tertiary/aromatic N) is 5. The molecule has 0 atom stereocenters. The van der Waals surface area contributed by atoms with E-state index < -0.39 is 26.3 Å². The lowest BCUT2D eigenvalue weighted by Crippen LogP contribution is -2.09. The highest BCUT2D eigenvalue weighted by Crippen LogP contribution is 2.22. The van der Waals surface area contributed by atoms with Crippen LogP contribution in [-0.4, -0.2) is 39.8 Å². The molecule has 0 radical (unpaired) electrons. The molecule has 140 valence electrons. The first kappa shape index (κ1) is 18.4. The molecule has 0 saturated heterocycles. The van der Waals surface area contributed by atoms with Crippen LogP contribution in [0.25, 0.3) is 5.69 Å². The van der Waals surface area contributed by atoms with Gasteiger partial charge < -0.3 is 5.32 Å². The lowest BCUT2D eigenvalue weighted by molar-refractivity contribution is -0.387. The number of hydrogen-bond acceptors (Lipinski definition) is 8. The third-order valence-electron chi connectivity index (χ3n) is 3.64. The van der Waals surface area contributed by atoms with Gasteiger partial charge in [-0.3, -0.25) is 10.1 Å². The van der Waals surface area contributed by atoms with Crippen molar-refractivity contribution in [3.63, 3.8) is 0 Å². The van der Waals surface area contributed by atoms with Crippen LogP contribution < -0.4 is 5.32 Å². The second-order valence-electron chi connectivity index (χ2n) is 5.55. The molecule has 2 aromatic carbocycles. The molecule has 0 aliphatic heterocycles. The van der Waals surface area contributed by atoms with Crippen LogP contribution in [0.2, 0.25) is 0 Å². The number of nitro groups is 1. The van der Waals surface area contributed by atoms with E-state index in [0.717, 1.165) is 18.4 Å². The van der Waals surface area contributed by atoms with Gasteiger partial charge in [0.15, 0.2) is 15.7 Å². The molecule has 1 aromatic heterocycles. The number of benzene rings is 2. The second-order valence-corrected chi connectivity index (χ2v) is 7.57. The Hall–Kier alpha value is -3.41. The van der Waals surface area contributed by atoms with Gasteiger partial charge in [-0.05, 0) is 46.8 Å². The fraction of sp³-hybridized carbons (Fsp3) is 0.133. The van der Waals surface area contributed by atoms with E-state index in [2.05, 4.69) is 20.8 Å². The molecule has 0 saturated carbocycles. The lowest BCUT2D eigenvalue weighted by atomic mass is 10.2. The normalized spacial score (nSPS) is 11.3. The number of rotatable bonds is 6. The van der Waals surface area contributed by atoms with Gasteiger partial charge in [-0.15, -0.1) is 5.10 Å². The third kappa shape index (κ3) is 4.06. The minimum atomic E-state index is -3.32. The van der Waals surface area contributed by atoms with E-state index in [9.17, 15) is 22.9 Å². The van der Waals surface area contributed by atoms with Crippen molar-refractivity contribution in [2.75, 3.05) is 11.6 Å². The van der Waals surface area contributed by atoms with Gasteiger partial charge in [0.2, 0.25) is 5.82 Å². The first-order valence-electron chi connectivity index (χ1n) is 7.51. The molecule has 1 N–H and O–H groups in total. The minimum absolute atomic E-state index is 0.101. The van der Waals surface area contributed by atoms with Gasteiger partial charge in [0.1, 0.15) is 0 Å². The summed E-state index contributed by atoms with van der Waals surface area (Å²) in [4.78, 5) is 10.2. The number of anilines is 1. The Kier molecular flexibility index (Phi) is 4.81.